The van der Waals surface area contributed by atoms with Crippen LogP contribution in [0.5, 0.6) is 0 Å². The molecule has 0 aliphatic heterocycles. The number of hydrogen-bond donors (Lipinski definition) is 2. The number of nitrogens with two attached hydrogens (primary N) is 1. The molecule has 0 radical (unpaired) electrons. The molecule has 0 unspecified atom stereocenters. The summed E-state index contributed by atoms with van der Waals surface area (Å²) in [5, 5.41) is 2.72. The van der Waals surface area contributed by atoms with Crippen molar-refractivity contribution in [2.75, 3.05) is 5.32 Å². The first-order valence-corrected chi connectivity index (χ1v) is 7.32. The van der Waals surface area contributed by atoms with Gasteiger partial charge in [0.2, 0.25) is 0 Å². The summed E-state index contributed by atoms with van der Waals surface area (Å²) in [5.41, 5.74) is 6.78. The second kappa shape index (κ2) is 6.51. The molecule has 0 saturated heterocycles. The molecule has 0 heterocycles. The summed E-state index contributed by atoms with van der Waals surface area (Å²) in [6, 6.07) is 8.90. The van der Waals surface area contributed by atoms with Gasteiger partial charge in [-0.2, -0.15) is 0 Å². The smallest absolute Gasteiger partial charge is 0.255 e. The zero-order chi connectivity index (χ0) is 15.6. The number of anilines is 1. The number of halogens is 3. The van der Waals surface area contributed by atoms with Crippen LogP contribution >= 0.6 is 39.7 Å². The highest BCUT2D eigenvalue weighted by Gasteiger charge is 2.13. The summed E-state index contributed by atoms with van der Waals surface area (Å²) in [7, 11) is 0. The number of nitrogens with one attached hydrogen (secondary N) is 1. The number of hydrogen-bond acceptors (Lipinski definition) is 2. The molecule has 1 amide bonds. The van der Waals surface area contributed by atoms with Crippen molar-refractivity contribution in [2.45, 2.75) is 0 Å². The van der Waals surface area contributed by atoms with E-state index in [9.17, 15) is 9.18 Å². The average molecular weight is 388 g/mol. The highest BCUT2D eigenvalue weighted by Crippen LogP contribution is 2.32. The third-order valence-corrected chi connectivity index (χ3v) is 3.81. The summed E-state index contributed by atoms with van der Waals surface area (Å²) >= 11 is 13.9. The molecule has 0 aliphatic rings. The van der Waals surface area contributed by atoms with Crippen LogP contribution in [0.25, 0.3) is 0 Å². The zero-order valence-electron chi connectivity index (χ0n) is 10.5. The van der Waals surface area contributed by atoms with Crippen LogP contribution in [0, 0.1) is 5.82 Å². The lowest BCUT2D eigenvalue weighted by atomic mass is 10.1. The molecule has 2 aromatic carbocycles. The quantitative estimate of drug-likeness (QED) is 0.779. The number of rotatable bonds is 3. The van der Waals surface area contributed by atoms with Crippen LogP contribution in [-0.4, -0.2) is 10.9 Å². The summed E-state index contributed by atoms with van der Waals surface area (Å²) in [6.07, 6.45) is 0. The Morgan fingerprint density at radius 3 is 2.57 bits per heavy atom. The normalized spacial score (nSPS) is 10.2. The largest absolute Gasteiger partial charge is 0.389 e. The summed E-state index contributed by atoms with van der Waals surface area (Å²) in [4.78, 5) is 12.4. The van der Waals surface area contributed by atoms with E-state index in [1.165, 1.54) is 6.07 Å². The summed E-state index contributed by atoms with van der Waals surface area (Å²) in [6.45, 7) is 0. The number of benzene rings is 2. The monoisotopic (exact) mass is 386 g/mol. The number of amides is 1. The molecule has 2 rings (SSSR count). The minimum Gasteiger partial charge on any atom is -0.389 e. The van der Waals surface area contributed by atoms with Crippen molar-refractivity contribution in [3.63, 3.8) is 0 Å². The van der Waals surface area contributed by atoms with Crippen molar-refractivity contribution in [2.24, 2.45) is 5.73 Å². The number of carbonyl (C=O) groups is 1. The van der Waals surface area contributed by atoms with E-state index in [1.807, 2.05) is 0 Å². The fraction of sp³-hybridized carbons (Fsp3) is 0. The first-order chi connectivity index (χ1) is 9.88. The molecule has 0 aliphatic carbocycles. The Hall–Kier alpha value is -1.50. The van der Waals surface area contributed by atoms with Gasteiger partial charge in [-0.05, 0) is 40.2 Å². The fourth-order valence-corrected chi connectivity index (χ4v) is 2.69. The Labute approximate surface area is 139 Å². The Kier molecular flexibility index (Phi) is 4.92. The second-order valence-electron chi connectivity index (χ2n) is 4.14. The third-order valence-electron chi connectivity index (χ3n) is 2.65. The molecule has 0 bridgehead atoms. The third kappa shape index (κ3) is 3.78. The molecule has 0 aromatic heterocycles. The lowest BCUT2D eigenvalue weighted by Crippen LogP contribution is -2.15. The van der Waals surface area contributed by atoms with Crippen LogP contribution < -0.4 is 11.1 Å². The molecule has 2 aromatic rings. The fourth-order valence-electron chi connectivity index (χ4n) is 1.66. The van der Waals surface area contributed by atoms with Gasteiger partial charge in [0.25, 0.3) is 5.91 Å². The van der Waals surface area contributed by atoms with Crippen LogP contribution in [0.1, 0.15) is 15.9 Å². The van der Waals surface area contributed by atoms with E-state index in [0.29, 0.717) is 21.3 Å². The van der Waals surface area contributed by atoms with Crippen LogP contribution in [-0.2, 0) is 0 Å². The lowest BCUT2D eigenvalue weighted by Gasteiger charge is -2.10. The Morgan fingerprint density at radius 2 is 1.95 bits per heavy atom. The van der Waals surface area contributed by atoms with Crippen LogP contribution in [0.15, 0.2) is 40.9 Å². The maximum Gasteiger partial charge on any atom is 0.255 e. The van der Waals surface area contributed by atoms with Crippen molar-refractivity contribution < 1.29 is 9.18 Å². The molecule has 3 nitrogen and oxygen atoms in total. The van der Waals surface area contributed by atoms with E-state index in [1.54, 1.807) is 24.3 Å². The molecule has 0 atom stereocenters. The topological polar surface area (TPSA) is 55.1 Å². The molecular weight excluding hydrogens is 379 g/mol. The molecule has 0 saturated carbocycles. The first-order valence-electron chi connectivity index (χ1n) is 5.74. The predicted octanol–water partition coefficient (Wildman–Crippen LogP) is 4.13. The first kappa shape index (κ1) is 15.9. The van der Waals surface area contributed by atoms with E-state index in [4.69, 9.17) is 29.6 Å². The minimum atomic E-state index is -0.500. The number of thiocarbonyl (C=S) groups is 1. The minimum absolute atomic E-state index is 0.0979. The molecule has 7 heteroatoms. The van der Waals surface area contributed by atoms with E-state index in [-0.39, 0.29) is 10.0 Å². The van der Waals surface area contributed by atoms with E-state index >= 15 is 0 Å². The average Bonchev–Trinajstić information content (AvgIpc) is 2.42. The molecular formula is C14H9BrClFN2OS. The molecule has 0 fully saturated rings. The van der Waals surface area contributed by atoms with Crippen LogP contribution in [0.4, 0.5) is 10.1 Å². The molecule has 0 spiro atoms. The van der Waals surface area contributed by atoms with Gasteiger partial charge in [0.15, 0.2) is 0 Å². The highest BCUT2D eigenvalue weighted by molar-refractivity contribution is 9.10. The summed E-state index contributed by atoms with van der Waals surface area (Å²) < 4.78 is 13.5. The van der Waals surface area contributed by atoms with Crippen molar-refractivity contribution >= 4 is 56.3 Å². The lowest BCUT2D eigenvalue weighted by molar-refractivity contribution is 0.102. The van der Waals surface area contributed by atoms with Gasteiger partial charge in [-0.1, -0.05) is 36.0 Å². The van der Waals surface area contributed by atoms with Gasteiger partial charge in [-0.15, -0.1) is 0 Å². The van der Waals surface area contributed by atoms with Gasteiger partial charge in [0.05, 0.1) is 10.7 Å². The van der Waals surface area contributed by atoms with Gasteiger partial charge >= 0.3 is 0 Å². The SMILES string of the molecule is NC(=S)c1cccc(C(=O)Nc2c(Cl)cc(F)cc2Br)c1. The molecule has 3 N–H and O–H groups in total. The maximum absolute atomic E-state index is 13.2. The van der Waals surface area contributed by atoms with Gasteiger partial charge in [0.1, 0.15) is 10.8 Å². The van der Waals surface area contributed by atoms with Crippen molar-refractivity contribution in [1.29, 1.82) is 0 Å². The number of carbonyl (C=O) groups excluding carboxylic acids is 1. The second-order valence-corrected chi connectivity index (χ2v) is 5.84. The standard InChI is InChI=1S/C14H9BrClFN2OS/c15-10-5-9(17)6-11(16)12(10)19-14(20)8-3-1-2-7(4-8)13(18)21/h1-6H,(H2,18,21)(H,19,20). The summed E-state index contributed by atoms with van der Waals surface area (Å²) in [5.74, 6) is -0.900. The van der Waals surface area contributed by atoms with Gasteiger partial charge in [-0.3, -0.25) is 4.79 Å². The molecule has 21 heavy (non-hydrogen) atoms. The van der Waals surface area contributed by atoms with Crippen molar-refractivity contribution in [1.82, 2.24) is 0 Å². The van der Waals surface area contributed by atoms with E-state index in [0.717, 1.165) is 6.07 Å². The van der Waals surface area contributed by atoms with Crippen molar-refractivity contribution in [3.05, 3.63) is 62.8 Å². The zero-order valence-corrected chi connectivity index (χ0v) is 13.7. The predicted molar refractivity (Wildman–Crippen MR) is 89.4 cm³/mol. The van der Waals surface area contributed by atoms with Crippen LogP contribution in [0.3, 0.4) is 0 Å². The van der Waals surface area contributed by atoms with E-state index < -0.39 is 11.7 Å². The maximum atomic E-state index is 13.2. The Bertz CT molecular complexity index is 716. The van der Waals surface area contributed by atoms with Gasteiger partial charge in [-0.25, -0.2) is 4.39 Å². The van der Waals surface area contributed by atoms with E-state index in [2.05, 4.69) is 21.2 Å². The highest BCUT2D eigenvalue weighted by atomic mass is 79.9. The van der Waals surface area contributed by atoms with Gasteiger partial charge in [0, 0.05) is 15.6 Å². The van der Waals surface area contributed by atoms with Crippen LogP contribution in [0.2, 0.25) is 5.02 Å². The Balaban J connectivity index is 2.30. The van der Waals surface area contributed by atoms with Gasteiger partial charge < -0.3 is 11.1 Å². The Morgan fingerprint density at radius 1 is 1.29 bits per heavy atom. The molecule has 108 valence electrons. The van der Waals surface area contributed by atoms with Crippen molar-refractivity contribution in [3.8, 4) is 0 Å².